The fourth-order valence-corrected chi connectivity index (χ4v) is 3.44. The number of pyridine rings is 1. The molecule has 1 amide bonds. The molecule has 7 heteroatoms. The average Bonchev–Trinajstić information content (AvgIpc) is 2.70. The molecule has 28 heavy (non-hydrogen) atoms. The molecular formula is C21H27N4O3+. The summed E-state index contributed by atoms with van der Waals surface area (Å²) in [5.74, 6) is -0.0773. The number of carbonyl (C=O) groups excluding carboxylic acids is 1. The van der Waals surface area contributed by atoms with Crippen molar-refractivity contribution < 1.29 is 14.8 Å². The summed E-state index contributed by atoms with van der Waals surface area (Å²) in [6.07, 6.45) is 5.31. The number of carbonyl (C=O) groups is 1. The third kappa shape index (κ3) is 5.29. The van der Waals surface area contributed by atoms with E-state index in [4.69, 9.17) is 0 Å². The molecule has 1 aromatic heterocycles. The van der Waals surface area contributed by atoms with Gasteiger partial charge in [0.05, 0.1) is 18.8 Å². The van der Waals surface area contributed by atoms with Crippen LogP contribution in [0.5, 0.6) is 5.75 Å². The summed E-state index contributed by atoms with van der Waals surface area (Å²) in [5.41, 5.74) is 4.64. The molecule has 0 radical (unpaired) electrons. The van der Waals surface area contributed by atoms with E-state index in [0.717, 1.165) is 30.8 Å². The van der Waals surface area contributed by atoms with Crippen LogP contribution in [0.15, 0.2) is 52.5 Å². The van der Waals surface area contributed by atoms with E-state index in [-0.39, 0.29) is 18.0 Å². The Kier molecular flexibility index (Phi) is 6.60. The van der Waals surface area contributed by atoms with Crippen LogP contribution in [-0.2, 0) is 17.9 Å². The maximum atomic E-state index is 12.1. The SMILES string of the molecule is C/C(=N\NC(=O)Cn1ccccc1=O)c1ccc(O)c(C[NH+]2CCCCC2)c1. The summed E-state index contributed by atoms with van der Waals surface area (Å²) in [4.78, 5) is 25.2. The first-order valence-corrected chi connectivity index (χ1v) is 9.67. The second-order valence-corrected chi connectivity index (χ2v) is 7.23. The van der Waals surface area contributed by atoms with E-state index in [1.165, 1.54) is 34.8 Å². The standard InChI is InChI=1S/C21H26N4O3/c1-16(22-23-20(27)15-25-12-6-3-7-21(25)28)17-8-9-19(26)18(13-17)14-24-10-4-2-5-11-24/h3,6-9,12-13,26H,2,4-5,10-11,14-15H2,1H3,(H,23,27)/p+1/b22-16+. The fourth-order valence-electron chi connectivity index (χ4n) is 3.44. The zero-order valence-corrected chi connectivity index (χ0v) is 16.1. The first-order chi connectivity index (χ1) is 13.5. The van der Waals surface area contributed by atoms with Crippen LogP contribution in [-0.4, -0.2) is 34.4 Å². The number of hydrogen-bond acceptors (Lipinski definition) is 4. The minimum Gasteiger partial charge on any atom is -0.507 e. The number of aromatic nitrogens is 1. The largest absolute Gasteiger partial charge is 0.507 e. The van der Waals surface area contributed by atoms with Gasteiger partial charge >= 0.3 is 0 Å². The number of amides is 1. The Morgan fingerprint density at radius 2 is 2.00 bits per heavy atom. The Morgan fingerprint density at radius 1 is 1.21 bits per heavy atom. The lowest BCUT2D eigenvalue weighted by Gasteiger charge is -2.24. The molecule has 0 saturated carbocycles. The minimum absolute atomic E-state index is 0.0877. The van der Waals surface area contributed by atoms with E-state index in [9.17, 15) is 14.7 Å². The molecule has 3 N–H and O–H groups in total. The van der Waals surface area contributed by atoms with Crippen molar-refractivity contribution in [3.63, 3.8) is 0 Å². The fraction of sp³-hybridized carbons (Fsp3) is 0.381. The lowest BCUT2D eigenvalue weighted by molar-refractivity contribution is -0.918. The maximum Gasteiger partial charge on any atom is 0.260 e. The Hall–Kier alpha value is -2.93. The van der Waals surface area contributed by atoms with Crippen LogP contribution in [0.4, 0.5) is 0 Å². The number of hydrogen-bond donors (Lipinski definition) is 3. The molecule has 0 unspecified atom stereocenters. The van der Waals surface area contributed by atoms with Gasteiger partial charge in [0.1, 0.15) is 18.8 Å². The van der Waals surface area contributed by atoms with Crippen LogP contribution in [0.3, 0.4) is 0 Å². The number of phenols is 1. The molecule has 1 fully saturated rings. The minimum atomic E-state index is -0.371. The van der Waals surface area contributed by atoms with Gasteiger partial charge in [-0.3, -0.25) is 9.59 Å². The van der Waals surface area contributed by atoms with Crippen LogP contribution in [0.1, 0.15) is 37.3 Å². The zero-order valence-electron chi connectivity index (χ0n) is 16.1. The normalized spacial score (nSPS) is 15.4. The van der Waals surface area contributed by atoms with Crippen molar-refractivity contribution in [1.29, 1.82) is 0 Å². The summed E-state index contributed by atoms with van der Waals surface area (Å²) >= 11 is 0. The van der Waals surface area contributed by atoms with Crippen LogP contribution < -0.4 is 15.9 Å². The van der Waals surface area contributed by atoms with E-state index < -0.39 is 0 Å². The number of nitrogens with one attached hydrogen (secondary N) is 2. The molecule has 1 saturated heterocycles. The van der Waals surface area contributed by atoms with Gasteiger partial charge in [-0.05, 0) is 56.0 Å². The molecule has 7 nitrogen and oxygen atoms in total. The van der Waals surface area contributed by atoms with Gasteiger partial charge < -0.3 is 14.6 Å². The highest BCUT2D eigenvalue weighted by Gasteiger charge is 2.16. The summed E-state index contributed by atoms with van der Waals surface area (Å²) in [5, 5.41) is 14.4. The van der Waals surface area contributed by atoms with Crippen molar-refractivity contribution in [3.05, 3.63) is 64.1 Å². The van der Waals surface area contributed by atoms with Crippen LogP contribution in [0.2, 0.25) is 0 Å². The molecule has 0 atom stereocenters. The van der Waals surface area contributed by atoms with Gasteiger partial charge in [-0.2, -0.15) is 5.10 Å². The van der Waals surface area contributed by atoms with Gasteiger partial charge in [0, 0.05) is 17.8 Å². The van der Waals surface area contributed by atoms with E-state index in [1.807, 2.05) is 6.07 Å². The van der Waals surface area contributed by atoms with Crippen molar-refractivity contribution in [2.75, 3.05) is 13.1 Å². The molecule has 1 aromatic carbocycles. The molecule has 0 bridgehead atoms. The zero-order chi connectivity index (χ0) is 19.9. The predicted octanol–water partition coefficient (Wildman–Crippen LogP) is 0.663. The number of rotatable bonds is 6. The predicted molar refractivity (Wildman–Crippen MR) is 107 cm³/mol. The molecule has 2 aromatic rings. The highest BCUT2D eigenvalue weighted by atomic mass is 16.3. The van der Waals surface area contributed by atoms with Gasteiger partial charge in [-0.25, -0.2) is 5.43 Å². The number of piperidine rings is 1. The average molecular weight is 383 g/mol. The van der Waals surface area contributed by atoms with Crippen LogP contribution in [0, 0.1) is 0 Å². The summed E-state index contributed by atoms with van der Waals surface area (Å²) < 4.78 is 1.32. The number of benzene rings is 1. The Balaban J connectivity index is 1.65. The summed E-state index contributed by atoms with van der Waals surface area (Å²) in [7, 11) is 0. The monoisotopic (exact) mass is 383 g/mol. The Bertz CT molecular complexity index is 914. The Morgan fingerprint density at radius 3 is 2.75 bits per heavy atom. The van der Waals surface area contributed by atoms with E-state index in [2.05, 4.69) is 10.5 Å². The summed E-state index contributed by atoms with van der Waals surface area (Å²) in [6.45, 7) is 4.77. The molecule has 0 aliphatic carbocycles. The van der Waals surface area contributed by atoms with Gasteiger partial charge in [0.25, 0.3) is 11.5 Å². The maximum absolute atomic E-state index is 12.1. The van der Waals surface area contributed by atoms with Gasteiger partial charge in [-0.15, -0.1) is 0 Å². The molecular weight excluding hydrogens is 356 g/mol. The van der Waals surface area contributed by atoms with Crippen molar-refractivity contribution in [1.82, 2.24) is 9.99 Å². The smallest absolute Gasteiger partial charge is 0.260 e. The molecule has 1 aliphatic heterocycles. The van der Waals surface area contributed by atoms with Crippen LogP contribution >= 0.6 is 0 Å². The number of phenolic OH excluding ortho intramolecular Hbond substituents is 1. The number of nitrogens with zero attached hydrogens (tertiary/aromatic N) is 2. The highest BCUT2D eigenvalue weighted by molar-refractivity contribution is 5.99. The number of quaternary nitrogens is 1. The second-order valence-electron chi connectivity index (χ2n) is 7.23. The number of likely N-dealkylation sites (tertiary alicyclic amines) is 1. The molecule has 1 aliphatic rings. The van der Waals surface area contributed by atoms with Gasteiger partial charge in [-0.1, -0.05) is 6.07 Å². The van der Waals surface area contributed by atoms with E-state index in [0.29, 0.717) is 11.5 Å². The summed E-state index contributed by atoms with van der Waals surface area (Å²) in [6, 6.07) is 10.1. The first-order valence-electron chi connectivity index (χ1n) is 9.67. The first kappa shape index (κ1) is 19.8. The molecule has 3 rings (SSSR count). The van der Waals surface area contributed by atoms with E-state index in [1.54, 1.807) is 37.4 Å². The van der Waals surface area contributed by atoms with Gasteiger partial charge in [0.15, 0.2) is 0 Å². The van der Waals surface area contributed by atoms with Crippen molar-refractivity contribution in [3.8, 4) is 5.75 Å². The third-order valence-electron chi connectivity index (χ3n) is 5.06. The third-order valence-corrected chi connectivity index (χ3v) is 5.06. The highest BCUT2D eigenvalue weighted by Crippen LogP contribution is 2.18. The topological polar surface area (TPSA) is 88.1 Å². The molecule has 148 valence electrons. The van der Waals surface area contributed by atoms with Crippen molar-refractivity contribution in [2.24, 2.45) is 5.10 Å². The second kappa shape index (κ2) is 9.32. The number of hydrazone groups is 1. The molecule has 0 spiro atoms. The number of aromatic hydroxyl groups is 1. The van der Waals surface area contributed by atoms with Gasteiger partial charge in [0.2, 0.25) is 0 Å². The van der Waals surface area contributed by atoms with Crippen LogP contribution in [0.25, 0.3) is 0 Å². The van der Waals surface area contributed by atoms with Crippen molar-refractivity contribution in [2.45, 2.75) is 39.3 Å². The lowest BCUT2D eigenvalue weighted by Crippen LogP contribution is -3.11. The molecule has 2 heterocycles. The van der Waals surface area contributed by atoms with Crippen molar-refractivity contribution >= 4 is 11.6 Å². The Labute approximate surface area is 164 Å². The quantitative estimate of drug-likeness (QED) is 0.506. The lowest BCUT2D eigenvalue weighted by atomic mass is 10.0. The van der Waals surface area contributed by atoms with E-state index >= 15 is 0 Å².